The van der Waals surface area contributed by atoms with E-state index in [1.165, 1.54) is 18.4 Å². The van der Waals surface area contributed by atoms with Crippen molar-refractivity contribution in [3.63, 3.8) is 0 Å². The van der Waals surface area contributed by atoms with Crippen molar-refractivity contribution in [3.05, 3.63) is 71.4 Å². The van der Waals surface area contributed by atoms with Gasteiger partial charge in [-0.15, -0.1) is 0 Å². The first-order valence-electron chi connectivity index (χ1n) is 10.5. The smallest absolute Gasteiger partial charge is 0.290 e. The summed E-state index contributed by atoms with van der Waals surface area (Å²) in [5, 5.41) is 10.7. The molecule has 0 bridgehead atoms. The van der Waals surface area contributed by atoms with Crippen molar-refractivity contribution in [1.82, 2.24) is 9.80 Å². The maximum atomic E-state index is 13.1. The van der Waals surface area contributed by atoms with Gasteiger partial charge in [-0.25, -0.2) is 0 Å². The third kappa shape index (κ3) is 4.61. The zero-order valence-electron chi connectivity index (χ0n) is 17.9. The van der Waals surface area contributed by atoms with E-state index in [-0.39, 0.29) is 5.57 Å². The molecule has 1 saturated heterocycles. The fourth-order valence-corrected chi connectivity index (χ4v) is 3.98. The van der Waals surface area contributed by atoms with Crippen LogP contribution in [0.2, 0.25) is 0 Å². The van der Waals surface area contributed by atoms with Gasteiger partial charge in [-0.2, -0.15) is 0 Å². The number of carbonyl (C=O) groups excluding carboxylic acids is 2. The number of aliphatic hydroxyl groups excluding tert-OH is 1. The third-order valence-electron chi connectivity index (χ3n) is 5.70. The average Bonchev–Trinajstić information content (AvgIpc) is 3.44. The molecule has 3 heterocycles. The Morgan fingerprint density at radius 2 is 1.94 bits per heavy atom. The number of hydrogen-bond acceptors (Lipinski definition) is 7. The van der Waals surface area contributed by atoms with Gasteiger partial charge in [0.25, 0.3) is 5.91 Å². The first kappa shape index (κ1) is 21.9. The maximum absolute atomic E-state index is 13.1. The Morgan fingerprint density at radius 1 is 1.19 bits per heavy atom. The van der Waals surface area contributed by atoms with Crippen LogP contribution in [0, 0.1) is 0 Å². The Morgan fingerprint density at radius 3 is 2.59 bits per heavy atom. The van der Waals surface area contributed by atoms with Crippen molar-refractivity contribution >= 4 is 17.8 Å². The number of methoxy groups -OCH3 is 1. The largest absolute Gasteiger partial charge is 0.503 e. The highest BCUT2D eigenvalue weighted by atomic mass is 16.5. The number of ether oxygens (including phenoxy) is 2. The Kier molecular flexibility index (Phi) is 6.72. The first-order valence-corrected chi connectivity index (χ1v) is 10.5. The summed E-state index contributed by atoms with van der Waals surface area (Å²) in [6.45, 7) is 3.87. The third-order valence-corrected chi connectivity index (χ3v) is 5.70. The minimum Gasteiger partial charge on any atom is -0.503 e. The Bertz CT molecular complexity index is 1000. The van der Waals surface area contributed by atoms with Crippen LogP contribution in [0.5, 0.6) is 5.75 Å². The predicted octanol–water partition coefficient (Wildman–Crippen LogP) is 2.60. The number of benzene rings is 1. The van der Waals surface area contributed by atoms with Crippen LogP contribution in [-0.4, -0.2) is 73.1 Å². The fraction of sp³-hybridized carbons (Fsp3) is 0.333. The lowest BCUT2D eigenvalue weighted by Crippen LogP contribution is -2.43. The van der Waals surface area contributed by atoms with Crippen LogP contribution in [0.1, 0.15) is 17.4 Å². The summed E-state index contributed by atoms with van der Waals surface area (Å²) in [7, 11) is 1.57. The van der Waals surface area contributed by atoms with Crippen molar-refractivity contribution in [2.75, 3.05) is 46.5 Å². The number of hydrogen-bond donors (Lipinski definition) is 1. The number of morpholine rings is 1. The number of aliphatic hydroxyl groups is 1. The van der Waals surface area contributed by atoms with Gasteiger partial charge in [0, 0.05) is 26.2 Å². The molecule has 2 aliphatic rings. The number of rotatable bonds is 8. The minimum absolute atomic E-state index is 0.0601. The summed E-state index contributed by atoms with van der Waals surface area (Å²) in [6.07, 6.45) is 4.35. The highest BCUT2D eigenvalue weighted by Crippen LogP contribution is 2.38. The number of nitrogens with zero attached hydrogens (tertiary/aromatic N) is 2. The average molecular weight is 438 g/mol. The second-order valence-electron chi connectivity index (χ2n) is 7.60. The van der Waals surface area contributed by atoms with Crippen molar-refractivity contribution in [2.24, 2.45) is 0 Å². The van der Waals surface area contributed by atoms with Gasteiger partial charge >= 0.3 is 0 Å². The lowest BCUT2D eigenvalue weighted by Gasteiger charge is -2.31. The lowest BCUT2D eigenvalue weighted by atomic mass is 9.95. The van der Waals surface area contributed by atoms with Gasteiger partial charge in [0.05, 0.1) is 38.2 Å². The molecule has 1 aromatic heterocycles. The van der Waals surface area contributed by atoms with Crippen molar-refractivity contribution in [3.8, 4) is 5.75 Å². The molecule has 2 aliphatic heterocycles. The SMILES string of the molecule is COc1ccc(C2C(C(=O)/C=C/c3ccco3)=C(O)C(=O)N2CCN2CCOCC2)cc1. The molecule has 32 heavy (non-hydrogen) atoms. The predicted molar refractivity (Wildman–Crippen MR) is 117 cm³/mol. The molecule has 1 aromatic carbocycles. The Hall–Kier alpha value is -3.36. The Balaban J connectivity index is 1.62. The Labute approximate surface area is 186 Å². The van der Waals surface area contributed by atoms with Gasteiger partial charge in [0.2, 0.25) is 0 Å². The second kappa shape index (κ2) is 9.84. The standard InChI is InChI=1S/C24H26N2O6/c1-30-18-6-4-17(5-7-18)22-21(20(27)9-8-19-3-2-14-32-19)23(28)24(29)26(22)11-10-25-12-15-31-16-13-25/h2-9,14,22,28H,10-13,15-16H2,1H3/b9-8+. The van der Waals surface area contributed by atoms with Gasteiger partial charge in [-0.05, 0) is 42.0 Å². The van der Waals surface area contributed by atoms with E-state index in [1.54, 1.807) is 48.4 Å². The van der Waals surface area contributed by atoms with Crippen LogP contribution >= 0.6 is 0 Å². The topological polar surface area (TPSA) is 92.5 Å². The summed E-state index contributed by atoms with van der Waals surface area (Å²) in [4.78, 5) is 29.8. The summed E-state index contributed by atoms with van der Waals surface area (Å²) in [5.41, 5.74) is 0.782. The van der Waals surface area contributed by atoms with E-state index >= 15 is 0 Å². The molecule has 8 heteroatoms. The first-order chi connectivity index (χ1) is 15.6. The molecule has 4 rings (SSSR count). The number of allylic oxidation sites excluding steroid dienone is 1. The lowest BCUT2D eigenvalue weighted by molar-refractivity contribution is -0.129. The number of furan rings is 1. The van der Waals surface area contributed by atoms with Crippen LogP contribution < -0.4 is 4.74 Å². The summed E-state index contributed by atoms with van der Waals surface area (Å²) >= 11 is 0. The van der Waals surface area contributed by atoms with E-state index < -0.39 is 23.5 Å². The van der Waals surface area contributed by atoms with Crippen LogP contribution in [0.15, 0.2) is 64.5 Å². The van der Waals surface area contributed by atoms with Gasteiger partial charge < -0.3 is 23.9 Å². The number of amides is 1. The molecule has 0 saturated carbocycles. The van der Waals surface area contributed by atoms with E-state index in [0.29, 0.717) is 37.8 Å². The molecule has 8 nitrogen and oxygen atoms in total. The second-order valence-corrected chi connectivity index (χ2v) is 7.60. The normalized spacial score (nSPS) is 19.8. The molecule has 0 radical (unpaired) electrons. The molecule has 1 amide bonds. The van der Waals surface area contributed by atoms with Crippen molar-refractivity contribution < 1.29 is 28.6 Å². The minimum atomic E-state index is -0.691. The zero-order chi connectivity index (χ0) is 22.5. The molecular formula is C24H26N2O6. The molecule has 0 aliphatic carbocycles. The number of carbonyl (C=O) groups is 2. The molecule has 168 valence electrons. The van der Waals surface area contributed by atoms with E-state index in [4.69, 9.17) is 13.9 Å². The molecule has 1 N–H and O–H groups in total. The molecule has 2 aromatic rings. The molecular weight excluding hydrogens is 412 g/mol. The van der Waals surface area contributed by atoms with Gasteiger partial charge in [0.1, 0.15) is 11.5 Å². The van der Waals surface area contributed by atoms with Crippen LogP contribution in [0.3, 0.4) is 0 Å². The highest BCUT2D eigenvalue weighted by molar-refractivity contribution is 6.14. The molecule has 0 spiro atoms. The number of ketones is 1. The van der Waals surface area contributed by atoms with Gasteiger partial charge in [-0.1, -0.05) is 12.1 Å². The highest BCUT2D eigenvalue weighted by Gasteiger charge is 2.42. The van der Waals surface area contributed by atoms with E-state index in [9.17, 15) is 14.7 Å². The summed E-state index contributed by atoms with van der Waals surface area (Å²) in [6, 6.07) is 9.90. The van der Waals surface area contributed by atoms with Crippen LogP contribution in [0.4, 0.5) is 0 Å². The van der Waals surface area contributed by atoms with E-state index in [0.717, 1.165) is 18.7 Å². The monoisotopic (exact) mass is 438 g/mol. The van der Waals surface area contributed by atoms with Gasteiger partial charge in [0.15, 0.2) is 11.5 Å². The quantitative estimate of drug-likeness (QED) is 0.634. The van der Waals surface area contributed by atoms with Crippen LogP contribution in [-0.2, 0) is 14.3 Å². The van der Waals surface area contributed by atoms with Crippen LogP contribution in [0.25, 0.3) is 6.08 Å². The fourth-order valence-electron chi connectivity index (χ4n) is 3.98. The van der Waals surface area contributed by atoms with E-state index in [1.807, 2.05) is 0 Å². The van der Waals surface area contributed by atoms with Gasteiger partial charge in [-0.3, -0.25) is 14.5 Å². The molecule has 1 fully saturated rings. The summed E-state index contributed by atoms with van der Waals surface area (Å²) in [5.74, 6) is -0.331. The van der Waals surface area contributed by atoms with Crippen molar-refractivity contribution in [2.45, 2.75) is 6.04 Å². The molecule has 1 unspecified atom stereocenters. The van der Waals surface area contributed by atoms with E-state index in [2.05, 4.69) is 4.90 Å². The summed E-state index contributed by atoms with van der Waals surface area (Å²) < 4.78 is 15.9. The van der Waals surface area contributed by atoms with Crippen molar-refractivity contribution in [1.29, 1.82) is 0 Å². The molecule has 1 atom stereocenters. The maximum Gasteiger partial charge on any atom is 0.290 e. The zero-order valence-corrected chi connectivity index (χ0v) is 17.9.